The molecule has 5 nitrogen and oxygen atoms in total. The van der Waals surface area contributed by atoms with Gasteiger partial charge >= 0.3 is 5.97 Å². The minimum absolute atomic E-state index is 0.271. The summed E-state index contributed by atoms with van der Waals surface area (Å²) >= 11 is 0. The zero-order valence-corrected chi connectivity index (χ0v) is 11.7. The molecule has 1 atom stereocenters. The molecule has 0 radical (unpaired) electrons. The number of carbonyl (C=O) groups is 1. The Bertz CT molecular complexity index is 313. The highest BCUT2D eigenvalue weighted by Crippen LogP contribution is 2.33. The van der Waals surface area contributed by atoms with Crippen LogP contribution in [0.2, 0.25) is 0 Å². The van der Waals surface area contributed by atoms with Crippen molar-refractivity contribution in [3.63, 3.8) is 0 Å². The average molecular weight is 271 g/mol. The fraction of sp³-hybridized carbons (Fsp3) is 0.929. The lowest BCUT2D eigenvalue weighted by atomic mass is 9.78. The Morgan fingerprint density at radius 2 is 2.11 bits per heavy atom. The Labute approximate surface area is 114 Å². The Hall–Kier alpha value is -0.650. The van der Waals surface area contributed by atoms with Gasteiger partial charge in [0.2, 0.25) is 0 Å². The summed E-state index contributed by atoms with van der Waals surface area (Å²) in [6.45, 7) is 5.12. The van der Waals surface area contributed by atoms with Gasteiger partial charge in [-0.1, -0.05) is 6.92 Å². The van der Waals surface area contributed by atoms with E-state index < -0.39 is 11.6 Å². The van der Waals surface area contributed by atoms with Crippen LogP contribution in [0.15, 0.2) is 0 Å². The van der Waals surface area contributed by atoms with E-state index in [0.717, 1.165) is 26.2 Å². The van der Waals surface area contributed by atoms with Crippen LogP contribution < -0.4 is 0 Å². The SMILES string of the molecule is CCC1COCCN1CC1(O)CCC(C(=O)O)CC1. The highest BCUT2D eigenvalue weighted by atomic mass is 16.5. The fourth-order valence-electron chi connectivity index (χ4n) is 3.21. The maximum absolute atomic E-state index is 10.9. The fourth-order valence-corrected chi connectivity index (χ4v) is 3.21. The first-order valence-electron chi connectivity index (χ1n) is 7.31. The second kappa shape index (κ2) is 6.20. The molecule has 5 heteroatoms. The smallest absolute Gasteiger partial charge is 0.306 e. The summed E-state index contributed by atoms with van der Waals surface area (Å²) in [5, 5.41) is 19.7. The van der Waals surface area contributed by atoms with Gasteiger partial charge in [-0.3, -0.25) is 9.69 Å². The van der Waals surface area contributed by atoms with Crippen molar-refractivity contribution in [3.05, 3.63) is 0 Å². The second-order valence-corrected chi connectivity index (χ2v) is 5.94. The summed E-state index contributed by atoms with van der Waals surface area (Å²) in [5.74, 6) is -0.994. The van der Waals surface area contributed by atoms with Crippen molar-refractivity contribution in [3.8, 4) is 0 Å². The zero-order chi connectivity index (χ0) is 13.9. The van der Waals surface area contributed by atoms with Crippen molar-refractivity contribution in [2.75, 3.05) is 26.3 Å². The highest BCUT2D eigenvalue weighted by Gasteiger charge is 2.38. The molecule has 1 aliphatic heterocycles. The predicted molar refractivity (Wildman–Crippen MR) is 71.0 cm³/mol. The molecule has 0 bridgehead atoms. The van der Waals surface area contributed by atoms with Crippen LogP contribution in [0.1, 0.15) is 39.0 Å². The topological polar surface area (TPSA) is 70.0 Å². The van der Waals surface area contributed by atoms with Crippen LogP contribution in [0.25, 0.3) is 0 Å². The first-order valence-corrected chi connectivity index (χ1v) is 7.31. The number of morpholine rings is 1. The number of nitrogens with zero attached hydrogens (tertiary/aromatic N) is 1. The van der Waals surface area contributed by atoms with Crippen LogP contribution in [-0.2, 0) is 9.53 Å². The molecular formula is C14H25NO4. The van der Waals surface area contributed by atoms with Crippen molar-refractivity contribution in [1.29, 1.82) is 0 Å². The Kier molecular flexibility index (Phi) is 4.81. The number of β-amino-alcohol motifs (C(OH)–C–C–N with tert-alkyl or cyclic N) is 1. The maximum Gasteiger partial charge on any atom is 0.306 e. The minimum Gasteiger partial charge on any atom is -0.481 e. The van der Waals surface area contributed by atoms with Crippen LogP contribution in [0, 0.1) is 5.92 Å². The average Bonchev–Trinajstić information content (AvgIpc) is 2.39. The lowest BCUT2D eigenvalue weighted by Crippen LogP contribution is -2.53. The standard InChI is InChI=1S/C14H25NO4/c1-2-12-9-19-8-7-15(12)10-14(18)5-3-11(4-6-14)13(16)17/h11-12,18H,2-10H2,1H3,(H,16,17). The van der Waals surface area contributed by atoms with Crippen molar-refractivity contribution in [1.82, 2.24) is 4.90 Å². The number of carboxylic acids is 1. The molecule has 1 heterocycles. The van der Waals surface area contributed by atoms with Gasteiger partial charge in [0.05, 0.1) is 24.7 Å². The molecule has 1 aliphatic carbocycles. The summed E-state index contributed by atoms with van der Waals surface area (Å²) in [6.07, 6.45) is 3.39. The quantitative estimate of drug-likeness (QED) is 0.801. The Morgan fingerprint density at radius 1 is 1.42 bits per heavy atom. The third kappa shape index (κ3) is 3.68. The summed E-state index contributed by atoms with van der Waals surface area (Å²) < 4.78 is 5.47. The van der Waals surface area contributed by atoms with Gasteiger partial charge in [0.1, 0.15) is 0 Å². The van der Waals surface area contributed by atoms with Crippen molar-refractivity contribution in [2.24, 2.45) is 5.92 Å². The monoisotopic (exact) mass is 271 g/mol. The largest absolute Gasteiger partial charge is 0.481 e. The lowest BCUT2D eigenvalue weighted by molar-refractivity contribution is -0.145. The summed E-state index contributed by atoms with van der Waals surface area (Å²) in [6, 6.07) is 0.384. The lowest BCUT2D eigenvalue weighted by Gasteiger charge is -2.43. The molecule has 1 saturated heterocycles. The highest BCUT2D eigenvalue weighted by molar-refractivity contribution is 5.70. The van der Waals surface area contributed by atoms with Gasteiger partial charge in [0.25, 0.3) is 0 Å². The van der Waals surface area contributed by atoms with Crippen LogP contribution in [0.3, 0.4) is 0 Å². The zero-order valence-electron chi connectivity index (χ0n) is 11.7. The van der Waals surface area contributed by atoms with Gasteiger partial charge in [-0.2, -0.15) is 0 Å². The van der Waals surface area contributed by atoms with E-state index in [1.54, 1.807) is 0 Å². The van der Waals surface area contributed by atoms with Gasteiger partial charge in [-0.05, 0) is 32.1 Å². The summed E-state index contributed by atoms with van der Waals surface area (Å²) in [7, 11) is 0. The van der Waals surface area contributed by atoms with Crippen molar-refractivity contribution in [2.45, 2.75) is 50.7 Å². The molecule has 2 aliphatic rings. The van der Waals surface area contributed by atoms with Gasteiger partial charge < -0.3 is 14.9 Å². The molecule has 1 saturated carbocycles. The summed E-state index contributed by atoms with van der Waals surface area (Å²) in [5.41, 5.74) is -0.712. The number of aliphatic hydroxyl groups is 1. The van der Waals surface area contributed by atoms with Gasteiger partial charge in [-0.15, -0.1) is 0 Å². The third-order valence-electron chi connectivity index (χ3n) is 4.58. The number of hydrogen-bond acceptors (Lipinski definition) is 4. The third-order valence-corrected chi connectivity index (χ3v) is 4.58. The molecule has 0 aromatic heterocycles. The molecule has 0 aromatic carbocycles. The van der Waals surface area contributed by atoms with Crippen molar-refractivity contribution >= 4 is 5.97 Å². The van der Waals surface area contributed by atoms with Gasteiger partial charge in [0.15, 0.2) is 0 Å². The molecule has 0 amide bonds. The van der Waals surface area contributed by atoms with Crippen LogP contribution >= 0.6 is 0 Å². The van der Waals surface area contributed by atoms with E-state index in [4.69, 9.17) is 9.84 Å². The Morgan fingerprint density at radius 3 is 2.68 bits per heavy atom. The van der Waals surface area contributed by atoms with E-state index in [9.17, 15) is 9.90 Å². The summed E-state index contributed by atoms with van der Waals surface area (Å²) in [4.78, 5) is 13.3. The van der Waals surface area contributed by atoms with Crippen LogP contribution in [0.5, 0.6) is 0 Å². The number of ether oxygens (including phenoxy) is 1. The molecule has 2 fully saturated rings. The Balaban J connectivity index is 1.89. The number of carboxylic acid groups (broad SMARTS) is 1. The molecule has 2 rings (SSSR count). The molecule has 110 valence electrons. The molecular weight excluding hydrogens is 246 g/mol. The number of aliphatic carboxylic acids is 1. The number of hydrogen-bond donors (Lipinski definition) is 2. The molecule has 0 aromatic rings. The maximum atomic E-state index is 10.9. The second-order valence-electron chi connectivity index (χ2n) is 5.94. The van der Waals surface area contributed by atoms with Gasteiger partial charge in [0, 0.05) is 19.1 Å². The van der Waals surface area contributed by atoms with E-state index in [1.807, 2.05) is 0 Å². The molecule has 1 unspecified atom stereocenters. The van der Waals surface area contributed by atoms with E-state index in [1.165, 1.54) is 0 Å². The van der Waals surface area contributed by atoms with E-state index in [0.29, 0.717) is 38.3 Å². The minimum atomic E-state index is -0.722. The van der Waals surface area contributed by atoms with Crippen molar-refractivity contribution < 1.29 is 19.7 Å². The van der Waals surface area contributed by atoms with Gasteiger partial charge in [-0.25, -0.2) is 0 Å². The van der Waals surface area contributed by atoms with Crippen LogP contribution in [0.4, 0.5) is 0 Å². The first kappa shape index (κ1) is 14.8. The normalized spacial score (nSPS) is 37.2. The van der Waals surface area contributed by atoms with Crippen LogP contribution in [-0.4, -0.2) is 59.0 Å². The molecule has 2 N–H and O–H groups in total. The first-order chi connectivity index (χ1) is 9.04. The van der Waals surface area contributed by atoms with E-state index in [-0.39, 0.29) is 5.92 Å². The molecule has 19 heavy (non-hydrogen) atoms. The molecule has 0 spiro atoms. The van der Waals surface area contributed by atoms with E-state index >= 15 is 0 Å². The predicted octanol–water partition coefficient (Wildman–Crippen LogP) is 1.10. The van der Waals surface area contributed by atoms with E-state index in [2.05, 4.69) is 11.8 Å². The number of rotatable bonds is 4.